The Morgan fingerprint density at radius 2 is 2.04 bits per heavy atom. The Balaban J connectivity index is 2.04. The molecule has 2 heterocycles. The highest BCUT2D eigenvalue weighted by molar-refractivity contribution is 7.16. The van der Waals surface area contributed by atoms with E-state index in [2.05, 4.69) is 17.1 Å². The first kappa shape index (κ1) is 19.9. The van der Waals surface area contributed by atoms with Gasteiger partial charge in [0, 0.05) is 11.4 Å². The van der Waals surface area contributed by atoms with Crippen LogP contribution >= 0.6 is 11.3 Å². The monoisotopic (exact) mass is 367 g/mol. The van der Waals surface area contributed by atoms with Crippen LogP contribution in [0.2, 0.25) is 0 Å². The Morgan fingerprint density at radius 3 is 2.64 bits per heavy atom. The number of nitrogens with zero attached hydrogens (tertiary/aromatic N) is 2. The number of rotatable bonds is 7. The maximum atomic E-state index is 12.4. The summed E-state index contributed by atoms with van der Waals surface area (Å²) in [5.74, 6) is 0.282. The van der Waals surface area contributed by atoms with E-state index in [1.165, 1.54) is 11.3 Å². The quantitative estimate of drug-likeness (QED) is 0.751. The minimum Gasteiger partial charge on any atom is -0.462 e. The summed E-state index contributed by atoms with van der Waals surface area (Å²) in [6.07, 6.45) is 2.26. The standard InChI is InChI=1S/C18H29N3O3S/c1-5-24-18(23)15-10-14(11-20(3)4)25-17(15)19-16(22)12-21-8-6-13(2)7-9-21/h10,13H,5-9,11-12H2,1-4H3,(H,19,22). The number of likely N-dealkylation sites (tertiary alicyclic amines) is 1. The Hall–Kier alpha value is -1.44. The van der Waals surface area contributed by atoms with Gasteiger partial charge in [0.2, 0.25) is 5.91 Å². The number of nitrogens with one attached hydrogen (secondary N) is 1. The highest BCUT2D eigenvalue weighted by atomic mass is 32.1. The molecule has 1 aliphatic heterocycles. The van der Waals surface area contributed by atoms with Crippen LogP contribution in [0.5, 0.6) is 0 Å². The van der Waals surface area contributed by atoms with Crippen molar-refractivity contribution in [3.05, 3.63) is 16.5 Å². The topological polar surface area (TPSA) is 61.9 Å². The van der Waals surface area contributed by atoms with Gasteiger partial charge in [-0.05, 0) is 58.9 Å². The molecule has 1 saturated heterocycles. The van der Waals surface area contributed by atoms with Gasteiger partial charge >= 0.3 is 5.97 Å². The molecule has 0 atom stereocenters. The lowest BCUT2D eigenvalue weighted by Crippen LogP contribution is -2.38. The predicted molar refractivity (Wildman–Crippen MR) is 101 cm³/mol. The van der Waals surface area contributed by atoms with Gasteiger partial charge in [-0.2, -0.15) is 0 Å². The molecular formula is C18H29N3O3S. The lowest BCUT2D eigenvalue weighted by atomic mass is 9.99. The Morgan fingerprint density at radius 1 is 1.36 bits per heavy atom. The normalized spacial score (nSPS) is 16.2. The summed E-state index contributed by atoms with van der Waals surface area (Å²) >= 11 is 1.44. The number of hydrogen-bond acceptors (Lipinski definition) is 6. The second-order valence-corrected chi connectivity index (χ2v) is 8.06. The number of ether oxygens (including phenoxy) is 1. The summed E-state index contributed by atoms with van der Waals surface area (Å²) in [6, 6.07) is 1.82. The van der Waals surface area contributed by atoms with Gasteiger partial charge in [0.1, 0.15) is 5.00 Å². The van der Waals surface area contributed by atoms with Gasteiger partial charge in [0.25, 0.3) is 0 Å². The number of hydrogen-bond donors (Lipinski definition) is 1. The van der Waals surface area contributed by atoms with Gasteiger partial charge < -0.3 is 15.0 Å². The Labute approximate surface area is 154 Å². The highest BCUT2D eigenvalue weighted by Crippen LogP contribution is 2.30. The van der Waals surface area contributed by atoms with Crippen LogP contribution in [0.15, 0.2) is 6.07 Å². The van der Waals surface area contributed by atoms with Gasteiger partial charge in [-0.15, -0.1) is 11.3 Å². The summed E-state index contributed by atoms with van der Waals surface area (Å²) in [5.41, 5.74) is 0.448. The van der Waals surface area contributed by atoms with Crippen LogP contribution < -0.4 is 5.32 Å². The number of carbonyl (C=O) groups is 2. The van der Waals surface area contributed by atoms with E-state index < -0.39 is 0 Å². The lowest BCUT2D eigenvalue weighted by molar-refractivity contribution is -0.117. The van der Waals surface area contributed by atoms with Gasteiger partial charge in [-0.25, -0.2) is 4.79 Å². The van der Waals surface area contributed by atoms with Crippen LogP contribution in [0.1, 0.15) is 41.9 Å². The molecular weight excluding hydrogens is 338 g/mol. The molecule has 1 fully saturated rings. The molecule has 25 heavy (non-hydrogen) atoms. The third-order valence-electron chi connectivity index (χ3n) is 4.25. The molecule has 7 heteroatoms. The van der Waals surface area contributed by atoms with Crippen LogP contribution in [0.4, 0.5) is 5.00 Å². The minimum atomic E-state index is -0.383. The number of thiophene rings is 1. The van der Waals surface area contributed by atoms with E-state index in [9.17, 15) is 9.59 Å². The van der Waals surface area contributed by atoms with Crippen LogP contribution in [0.25, 0.3) is 0 Å². The number of amides is 1. The Kier molecular flexibility index (Phi) is 7.40. The number of piperidine rings is 1. The van der Waals surface area contributed by atoms with E-state index >= 15 is 0 Å². The zero-order valence-electron chi connectivity index (χ0n) is 15.6. The second-order valence-electron chi connectivity index (χ2n) is 6.92. The molecule has 0 spiro atoms. The van der Waals surface area contributed by atoms with E-state index in [1.54, 1.807) is 6.92 Å². The molecule has 0 radical (unpaired) electrons. The summed E-state index contributed by atoms with van der Waals surface area (Å²) in [4.78, 5) is 29.8. The van der Waals surface area contributed by atoms with E-state index in [-0.39, 0.29) is 11.9 Å². The van der Waals surface area contributed by atoms with Gasteiger partial charge in [0.05, 0.1) is 18.7 Å². The first-order valence-electron chi connectivity index (χ1n) is 8.85. The van der Waals surface area contributed by atoms with Crippen LogP contribution in [-0.4, -0.2) is 62.0 Å². The van der Waals surface area contributed by atoms with Crippen LogP contribution in [0, 0.1) is 5.92 Å². The first-order chi connectivity index (χ1) is 11.9. The van der Waals surface area contributed by atoms with Crippen LogP contribution in [0.3, 0.4) is 0 Å². The Bertz CT molecular complexity index is 592. The summed E-state index contributed by atoms with van der Waals surface area (Å²) in [6.45, 7) is 7.34. The molecule has 1 aromatic rings. The van der Waals surface area contributed by atoms with Gasteiger partial charge in [-0.3, -0.25) is 9.69 Å². The predicted octanol–water partition coefficient (Wildman–Crippen LogP) is 2.66. The zero-order chi connectivity index (χ0) is 18.4. The molecule has 0 saturated carbocycles. The lowest BCUT2D eigenvalue weighted by Gasteiger charge is -2.29. The molecule has 1 amide bonds. The SMILES string of the molecule is CCOC(=O)c1cc(CN(C)C)sc1NC(=O)CN1CCC(C)CC1. The van der Waals surface area contributed by atoms with E-state index in [0.29, 0.717) is 23.7 Å². The average molecular weight is 368 g/mol. The van der Waals surface area contributed by atoms with Crippen molar-refractivity contribution in [2.45, 2.75) is 33.2 Å². The molecule has 140 valence electrons. The first-order valence-corrected chi connectivity index (χ1v) is 9.67. The summed E-state index contributed by atoms with van der Waals surface area (Å²) in [5, 5.41) is 3.51. The molecule has 0 bridgehead atoms. The van der Waals surface area contributed by atoms with Gasteiger partial charge in [0.15, 0.2) is 0 Å². The van der Waals surface area contributed by atoms with E-state index in [1.807, 2.05) is 25.1 Å². The fourth-order valence-corrected chi connectivity index (χ4v) is 4.05. The number of anilines is 1. The fraction of sp³-hybridized carbons (Fsp3) is 0.667. The maximum Gasteiger partial charge on any atom is 0.341 e. The smallest absolute Gasteiger partial charge is 0.341 e. The van der Waals surface area contributed by atoms with Crippen LogP contribution in [-0.2, 0) is 16.1 Å². The second kappa shape index (κ2) is 9.31. The van der Waals surface area contributed by atoms with E-state index in [0.717, 1.165) is 43.3 Å². The van der Waals surface area contributed by atoms with E-state index in [4.69, 9.17) is 4.74 Å². The summed E-state index contributed by atoms with van der Waals surface area (Å²) in [7, 11) is 3.94. The van der Waals surface area contributed by atoms with Crippen molar-refractivity contribution in [2.75, 3.05) is 45.7 Å². The third kappa shape index (κ3) is 6.09. The van der Waals surface area contributed by atoms with Crippen molar-refractivity contribution in [1.82, 2.24) is 9.80 Å². The van der Waals surface area contributed by atoms with Crippen molar-refractivity contribution < 1.29 is 14.3 Å². The molecule has 0 aliphatic carbocycles. The molecule has 6 nitrogen and oxygen atoms in total. The molecule has 0 unspecified atom stereocenters. The minimum absolute atomic E-state index is 0.0710. The number of esters is 1. The fourth-order valence-electron chi connectivity index (χ4n) is 2.87. The number of carbonyl (C=O) groups excluding carboxylic acids is 2. The zero-order valence-corrected chi connectivity index (χ0v) is 16.4. The van der Waals surface area contributed by atoms with Crippen molar-refractivity contribution in [3.8, 4) is 0 Å². The van der Waals surface area contributed by atoms with Gasteiger partial charge in [-0.1, -0.05) is 6.92 Å². The largest absolute Gasteiger partial charge is 0.462 e. The van der Waals surface area contributed by atoms with Crippen molar-refractivity contribution in [2.24, 2.45) is 5.92 Å². The third-order valence-corrected chi connectivity index (χ3v) is 5.28. The molecule has 2 rings (SSSR count). The molecule has 0 aromatic carbocycles. The molecule has 1 aliphatic rings. The van der Waals surface area contributed by atoms with Crippen molar-refractivity contribution in [3.63, 3.8) is 0 Å². The average Bonchev–Trinajstić information content (AvgIpc) is 2.91. The summed E-state index contributed by atoms with van der Waals surface area (Å²) < 4.78 is 5.12. The highest BCUT2D eigenvalue weighted by Gasteiger charge is 2.22. The molecule has 1 N–H and O–H groups in total. The molecule has 1 aromatic heterocycles. The van der Waals surface area contributed by atoms with Crippen molar-refractivity contribution in [1.29, 1.82) is 0 Å². The maximum absolute atomic E-state index is 12.4. The van der Waals surface area contributed by atoms with Crippen molar-refractivity contribution >= 4 is 28.2 Å².